The lowest BCUT2D eigenvalue weighted by molar-refractivity contribution is 0.0511. The number of hydrogen-bond donors (Lipinski definition) is 5. The van der Waals surface area contributed by atoms with Crippen LogP contribution in [0.15, 0.2) is 42.5 Å². The van der Waals surface area contributed by atoms with Gasteiger partial charge >= 0.3 is 0 Å². The lowest BCUT2D eigenvalue weighted by Gasteiger charge is -2.13. The zero-order valence-electron chi connectivity index (χ0n) is 25.0. The van der Waals surface area contributed by atoms with Crippen LogP contribution in [0.25, 0.3) is 0 Å². The van der Waals surface area contributed by atoms with E-state index in [0.717, 1.165) is 5.56 Å². The summed E-state index contributed by atoms with van der Waals surface area (Å²) in [6.45, 7) is 10.4. The molecular formula is C30H47N5O7. The van der Waals surface area contributed by atoms with Crippen LogP contribution in [0.4, 0.5) is 5.69 Å². The van der Waals surface area contributed by atoms with Gasteiger partial charge in [-0.1, -0.05) is 31.5 Å². The Kier molecular flexibility index (Phi) is 20.2. The summed E-state index contributed by atoms with van der Waals surface area (Å²) < 4.78 is 21.3. The minimum Gasteiger partial charge on any atom is -0.378 e. The Labute approximate surface area is 248 Å². The van der Waals surface area contributed by atoms with E-state index in [1.807, 2.05) is 32.9 Å². The molecule has 0 radical (unpaired) electrons. The predicted octanol–water partition coefficient (Wildman–Crippen LogP) is 1.72. The van der Waals surface area contributed by atoms with Crippen molar-refractivity contribution in [3.8, 4) is 0 Å². The van der Waals surface area contributed by atoms with Gasteiger partial charge in [0, 0.05) is 48.6 Å². The first-order valence-corrected chi connectivity index (χ1v) is 14.2. The summed E-state index contributed by atoms with van der Waals surface area (Å²) in [4.78, 5) is 38.5. The predicted molar refractivity (Wildman–Crippen MR) is 163 cm³/mol. The number of carbonyl (C=O) groups is 3. The van der Waals surface area contributed by atoms with E-state index < -0.39 is 11.8 Å². The molecule has 0 bridgehead atoms. The lowest BCUT2D eigenvalue weighted by Crippen LogP contribution is -2.30. The molecule has 0 aromatic heterocycles. The molecule has 234 valence electrons. The van der Waals surface area contributed by atoms with Crippen LogP contribution >= 0.6 is 0 Å². The fourth-order valence-electron chi connectivity index (χ4n) is 3.36. The molecule has 7 N–H and O–H groups in total. The number of hydrogen-bond acceptors (Lipinski definition) is 9. The second kappa shape index (κ2) is 23.2. The molecule has 0 saturated heterocycles. The van der Waals surface area contributed by atoms with Crippen LogP contribution < -0.4 is 27.4 Å². The van der Waals surface area contributed by atoms with Gasteiger partial charge in [-0.25, -0.2) is 0 Å². The normalized spacial score (nSPS) is 10.4. The average molecular weight is 590 g/mol. The molecule has 0 unspecified atom stereocenters. The number of nitrogens with one attached hydrogen (secondary N) is 3. The smallest absolute Gasteiger partial charge is 0.255 e. The van der Waals surface area contributed by atoms with Crippen LogP contribution in [-0.2, 0) is 18.9 Å². The van der Waals surface area contributed by atoms with Gasteiger partial charge in [-0.15, -0.1) is 0 Å². The third kappa shape index (κ3) is 15.6. The highest BCUT2D eigenvalue weighted by molar-refractivity contribution is 6.07. The number of amides is 3. The highest BCUT2D eigenvalue weighted by Crippen LogP contribution is 2.17. The van der Waals surface area contributed by atoms with Crippen LogP contribution in [0.5, 0.6) is 0 Å². The first-order chi connectivity index (χ1) is 20.4. The number of nitrogens with two attached hydrogens (primary N) is 2. The van der Waals surface area contributed by atoms with E-state index in [-0.39, 0.29) is 43.3 Å². The Bertz CT molecular complexity index is 1000. The Balaban J connectivity index is 0.00000431. The van der Waals surface area contributed by atoms with Crippen molar-refractivity contribution in [1.82, 2.24) is 10.6 Å². The number of ether oxygens (including phenoxy) is 4. The van der Waals surface area contributed by atoms with Gasteiger partial charge in [0.2, 0.25) is 0 Å². The van der Waals surface area contributed by atoms with Crippen LogP contribution in [-0.4, -0.2) is 96.8 Å². The fourth-order valence-corrected chi connectivity index (χ4v) is 3.36. The van der Waals surface area contributed by atoms with Gasteiger partial charge in [-0.3, -0.25) is 14.4 Å². The SMILES string of the molecule is CC.Cc1ccc(C(=O)Nc2cc(C(=O)NCCOCCOCCN)cc(C(=O)NCCOCCOCCN)c2)cc1. The summed E-state index contributed by atoms with van der Waals surface area (Å²) >= 11 is 0. The number of benzene rings is 2. The van der Waals surface area contributed by atoms with E-state index in [2.05, 4.69) is 16.0 Å². The Morgan fingerprint density at radius 2 is 1.02 bits per heavy atom. The zero-order chi connectivity index (χ0) is 31.0. The van der Waals surface area contributed by atoms with Gasteiger partial charge in [0.25, 0.3) is 17.7 Å². The van der Waals surface area contributed by atoms with Gasteiger partial charge < -0.3 is 46.4 Å². The summed E-state index contributed by atoms with van der Waals surface area (Å²) in [5.41, 5.74) is 12.9. The minimum atomic E-state index is -0.413. The highest BCUT2D eigenvalue weighted by atomic mass is 16.5. The van der Waals surface area contributed by atoms with Crippen molar-refractivity contribution in [1.29, 1.82) is 0 Å². The standard InChI is InChI=1S/C28H41N5O7.C2H6/c1-21-2-4-22(5-3-21)28(36)33-25-19-23(26(34)31-8-12-39-16-14-37-10-6-29)18-24(20-25)27(35)32-9-13-40-17-15-38-11-7-30;1-2/h2-5,18-20H,6-17,29-30H2,1H3,(H,31,34)(H,32,35)(H,33,36);1-2H3. The molecule has 2 aromatic rings. The maximum Gasteiger partial charge on any atom is 0.255 e. The molecule has 0 saturated carbocycles. The molecule has 0 heterocycles. The van der Waals surface area contributed by atoms with Gasteiger partial charge in [0.15, 0.2) is 0 Å². The molecule has 0 aliphatic rings. The number of carbonyl (C=O) groups excluding carboxylic acids is 3. The number of anilines is 1. The molecule has 3 amide bonds. The first-order valence-electron chi connectivity index (χ1n) is 14.2. The molecular weight excluding hydrogens is 542 g/mol. The second-order valence-corrected chi connectivity index (χ2v) is 8.66. The summed E-state index contributed by atoms with van der Waals surface area (Å²) in [7, 11) is 0. The van der Waals surface area contributed by atoms with E-state index in [0.29, 0.717) is 64.0 Å². The van der Waals surface area contributed by atoms with Crippen LogP contribution in [0.1, 0.15) is 50.5 Å². The van der Waals surface area contributed by atoms with Crippen LogP contribution in [0.2, 0.25) is 0 Å². The maximum atomic E-state index is 12.9. The van der Waals surface area contributed by atoms with Crippen LogP contribution in [0, 0.1) is 6.92 Å². The molecule has 12 nitrogen and oxygen atoms in total. The van der Waals surface area contributed by atoms with E-state index in [1.54, 1.807) is 12.1 Å². The van der Waals surface area contributed by atoms with Crippen molar-refractivity contribution in [2.45, 2.75) is 20.8 Å². The third-order valence-corrected chi connectivity index (χ3v) is 5.36. The van der Waals surface area contributed by atoms with Crippen molar-refractivity contribution < 1.29 is 33.3 Å². The van der Waals surface area contributed by atoms with E-state index >= 15 is 0 Å². The molecule has 2 rings (SSSR count). The van der Waals surface area contributed by atoms with Gasteiger partial charge in [0.05, 0.1) is 52.9 Å². The molecule has 0 fully saturated rings. The molecule has 0 atom stereocenters. The Hall–Kier alpha value is -3.39. The minimum absolute atomic E-state index is 0.214. The van der Waals surface area contributed by atoms with E-state index in [1.165, 1.54) is 18.2 Å². The first kappa shape index (κ1) is 36.6. The van der Waals surface area contributed by atoms with Crippen LogP contribution in [0.3, 0.4) is 0 Å². The summed E-state index contributed by atoms with van der Waals surface area (Å²) in [5, 5.41) is 8.29. The second-order valence-electron chi connectivity index (χ2n) is 8.66. The summed E-state index contributed by atoms with van der Waals surface area (Å²) in [6, 6.07) is 11.6. The Morgan fingerprint density at radius 3 is 1.45 bits per heavy atom. The molecule has 0 aliphatic carbocycles. The number of aryl methyl sites for hydroxylation is 1. The van der Waals surface area contributed by atoms with Crippen molar-refractivity contribution in [2.24, 2.45) is 11.5 Å². The van der Waals surface area contributed by atoms with Gasteiger partial charge in [0.1, 0.15) is 0 Å². The molecule has 0 spiro atoms. The Morgan fingerprint density at radius 1 is 0.595 bits per heavy atom. The highest BCUT2D eigenvalue weighted by Gasteiger charge is 2.15. The van der Waals surface area contributed by atoms with Crippen molar-refractivity contribution in [3.05, 3.63) is 64.7 Å². The molecule has 2 aromatic carbocycles. The van der Waals surface area contributed by atoms with Gasteiger partial charge in [-0.05, 0) is 37.3 Å². The zero-order valence-corrected chi connectivity index (χ0v) is 25.0. The lowest BCUT2D eigenvalue weighted by atomic mass is 10.1. The van der Waals surface area contributed by atoms with E-state index in [4.69, 9.17) is 30.4 Å². The summed E-state index contributed by atoms with van der Waals surface area (Å²) in [5.74, 6) is -1.19. The third-order valence-electron chi connectivity index (χ3n) is 5.36. The number of rotatable bonds is 20. The monoisotopic (exact) mass is 589 g/mol. The maximum absolute atomic E-state index is 12.9. The molecule has 42 heavy (non-hydrogen) atoms. The molecule has 12 heteroatoms. The van der Waals surface area contributed by atoms with Crippen molar-refractivity contribution in [2.75, 3.05) is 84.4 Å². The average Bonchev–Trinajstić information content (AvgIpc) is 3.00. The topological polar surface area (TPSA) is 176 Å². The summed E-state index contributed by atoms with van der Waals surface area (Å²) in [6.07, 6.45) is 0. The molecule has 0 aliphatic heterocycles. The van der Waals surface area contributed by atoms with Crippen molar-refractivity contribution in [3.63, 3.8) is 0 Å². The van der Waals surface area contributed by atoms with Gasteiger partial charge in [-0.2, -0.15) is 0 Å². The van der Waals surface area contributed by atoms with E-state index in [9.17, 15) is 14.4 Å². The fraction of sp³-hybridized carbons (Fsp3) is 0.500. The quantitative estimate of drug-likeness (QED) is 0.144. The largest absolute Gasteiger partial charge is 0.378 e. The van der Waals surface area contributed by atoms with Crippen molar-refractivity contribution >= 4 is 23.4 Å².